The van der Waals surface area contributed by atoms with E-state index in [2.05, 4.69) is 0 Å². The maximum absolute atomic E-state index is 12.6. The molecule has 0 unspecified atom stereocenters. The second-order valence-corrected chi connectivity index (χ2v) is 6.21. The van der Waals surface area contributed by atoms with Gasteiger partial charge in [0.15, 0.2) is 0 Å². The van der Waals surface area contributed by atoms with Gasteiger partial charge in [-0.15, -0.1) is 11.3 Å². The lowest BCUT2D eigenvalue weighted by Gasteiger charge is -2.25. The molecule has 0 aliphatic carbocycles. The monoisotopic (exact) mass is 292 g/mol. The summed E-state index contributed by atoms with van der Waals surface area (Å²) >= 11 is 1.42. The van der Waals surface area contributed by atoms with Gasteiger partial charge in [-0.05, 0) is 32.4 Å². The Labute approximate surface area is 122 Å². The van der Waals surface area contributed by atoms with E-state index in [1.165, 1.54) is 11.3 Å². The molecule has 0 aliphatic heterocycles. The summed E-state index contributed by atoms with van der Waals surface area (Å²) in [5.41, 5.74) is 7.81. The molecule has 0 saturated carbocycles. The first kappa shape index (κ1) is 14.8. The van der Waals surface area contributed by atoms with Crippen LogP contribution in [0.25, 0.3) is 10.1 Å². The first-order valence-corrected chi connectivity index (χ1v) is 7.47. The van der Waals surface area contributed by atoms with Gasteiger partial charge in [-0.3, -0.25) is 4.79 Å². The summed E-state index contributed by atoms with van der Waals surface area (Å²) < 4.78 is 1.03. The van der Waals surface area contributed by atoms with Crippen LogP contribution in [0.5, 0.6) is 0 Å². The minimum atomic E-state index is -0.106. The van der Waals surface area contributed by atoms with Crippen molar-refractivity contribution < 1.29 is 9.90 Å². The number of nitrogens with two attached hydrogens (primary N) is 1. The minimum absolute atomic E-state index is 0.0287. The third kappa shape index (κ3) is 2.64. The smallest absolute Gasteiger partial charge is 0.266 e. The number of rotatable bonds is 4. The zero-order chi connectivity index (χ0) is 14.9. The summed E-state index contributed by atoms with van der Waals surface area (Å²) in [5.74, 6) is -0.106. The van der Waals surface area contributed by atoms with E-state index in [1.807, 2.05) is 39.0 Å². The van der Waals surface area contributed by atoms with Gasteiger partial charge < -0.3 is 15.7 Å². The fraction of sp³-hybridized carbons (Fsp3) is 0.400. The van der Waals surface area contributed by atoms with Crippen molar-refractivity contribution >= 4 is 33.0 Å². The number of nitrogens with zero attached hydrogens (tertiary/aromatic N) is 1. The number of fused-ring (bicyclic) bond motifs is 1. The Morgan fingerprint density at radius 2 is 2.15 bits per heavy atom. The number of benzene rings is 1. The SMILES string of the molecule is Cc1ccc2c(N)c(C(=O)N(CCO)C(C)C)sc2c1. The average Bonchev–Trinajstić information content (AvgIpc) is 2.71. The van der Waals surface area contributed by atoms with Crippen molar-refractivity contribution in [1.29, 1.82) is 0 Å². The van der Waals surface area contributed by atoms with Gasteiger partial charge >= 0.3 is 0 Å². The van der Waals surface area contributed by atoms with Gasteiger partial charge in [-0.2, -0.15) is 0 Å². The molecule has 1 aromatic heterocycles. The van der Waals surface area contributed by atoms with Crippen molar-refractivity contribution in [2.24, 2.45) is 0 Å². The van der Waals surface area contributed by atoms with Crippen LogP contribution in [0, 0.1) is 6.92 Å². The van der Waals surface area contributed by atoms with Crippen LogP contribution < -0.4 is 5.73 Å². The highest BCUT2D eigenvalue weighted by Crippen LogP contribution is 2.35. The molecule has 0 spiro atoms. The highest BCUT2D eigenvalue weighted by Gasteiger charge is 2.23. The molecule has 4 nitrogen and oxygen atoms in total. The highest BCUT2D eigenvalue weighted by molar-refractivity contribution is 7.21. The third-order valence-corrected chi connectivity index (χ3v) is 4.46. The molecule has 0 saturated heterocycles. The van der Waals surface area contributed by atoms with Gasteiger partial charge in [0, 0.05) is 22.7 Å². The Hall–Kier alpha value is -1.59. The van der Waals surface area contributed by atoms with Crippen LogP contribution in [0.1, 0.15) is 29.1 Å². The van der Waals surface area contributed by atoms with E-state index in [0.717, 1.165) is 15.6 Å². The molecule has 0 aliphatic rings. The second kappa shape index (κ2) is 5.81. The summed E-state index contributed by atoms with van der Waals surface area (Å²) in [5, 5.41) is 10.0. The summed E-state index contributed by atoms with van der Waals surface area (Å²) in [6, 6.07) is 6.02. The summed E-state index contributed by atoms with van der Waals surface area (Å²) in [6.07, 6.45) is 0. The number of nitrogen functional groups attached to an aromatic ring is 1. The maximum Gasteiger partial charge on any atom is 0.266 e. The van der Waals surface area contributed by atoms with Crippen LogP contribution in [-0.4, -0.2) is 35.1 Å². The van der Waals surface area contributed by atoms with Gasteiger partial charge in [0.1, 0.15) is 4.88 Å². The van der Waals surface area contributed by atoms with Crippen LogP contribution in [-0.2, 0) is 0 Å². The van der Waals surface area contributed by atoms with Crippen molar-refractivity contribution in [2.45, 2.75) is 26.8 Å². The quantitative estimate of drug-likeness (QED) is 0.910. The van der Waals surface area contributed by atoms with Crippen molar-refractivity contribution in [3.8, 4) is 0 Å². The van der Waals surface area contributed by atoms with E-state index in [1.54, 1.807) is 4.90 Å². The van der Waals surface area contributed by atoms with E-state index in [0.29, 0.717) is 17.1 Å². The van der Waals surface area contributed by atoms with Crippen molar-refractivity contribution in [2.75, 3.05) is 18.9 Å². The molecule has 0 radical (unpaired) electrons. The molecule has 108 valence electrons. The van der Waals surface area contributed by atoms with Gasteiger partial charge in [0.25, 0.3) is 5.91 Å². The van der Waals surface area contributed by atoms with E-state index < -0.39 is 0 Å². The largest absolute Gasteiger partial charge is 0.397 e. The lowest BCUT2D eigenvalue weighted by molar-refractivity contribution is 0.0671. The summed E-state index contributed by atoms with van der Waals surface area (Å²) in [4.78, 5) is 14.8. The van der Waals surface area contributed by atoms with E-state index in [4.69, 9.17) is 10.8 Å². The average molecular weight is 292 g/mol. The number of anilines is 1. The topological polar surface area (TPSA) is 66.6 Å². The predicted octanol–water partition coefficient (Wildman–Crippen LogP) is 2.63. The third-order valence-electron chi connectivity index (χ3n) is 3.30. The fourth-order valence-electron chi connectivity index (χ4n) is 2.22. The molecule has 2 rings (SSSR count). The van der Waals surface area contributed by atoms with Crippen LogP contribution in [0.15, 0.2) is 18.2 Å². The van der Waals surface area contributed by atoms with Crippen LogP contribution in [0.2, 0.25) is 0 Å². The molecular weight excluding hydrogens is 272 g/mol. The Balaban J connectivity index is 2.46. The van der Waals surface area contributed by atoms with Gasteiger partial charge in [0.05, 0.1) is 12.3 Å². The minimum Gasteiger partial charge on any atom is -0.397 e. The Kier molecular flexibility index (Phi) is 4.30. The maximum atomic E-state index is 12.6. The number of amides is 1. The molecule has 5 heteroatoms. The Bertz CT molecular complexity index is 634. The Morgan fingerprint density at radius 3 is 2.75 bits per heavy atom. The van der Waals surface area contributed by atoms with Crippen LogP contribution in [0.4, 0.5) is 5.69 Å². The van der Waals surface area contributed by atoms with E-state index >= 15 is 0 Å². The number of carbonyl (C=O) groups is 1. The Morgan fingerprint density at radius 1 is 1.45 bits per heavy atom. The molecule has 20 heavy (non-hydrogen) atoms. The van der Waals surface area contributed by atoms with Gasteiger partial charge in [-0.1, -0.05) is 12.1 Å². The van der Waals surface area contributed by atoms with Crippen LogP contribution in [0.3, 0.4) is 0 Å². The first-order valence-electron chi connectivity index (χ1n) is 6.66. The molecule has 0 fully saturated rings. The van der Waals surface area contributed by atoms with Crippen LogP contribution >= 0.6 is 11.3 Å². The molecule has 1 aromatic carbocycles. The summed E-state index contributed by atoms with van der Waals surface area (Å²) in [7, 11) is 0. The van der Waals surface area contributed by atoms with Crippen molar-refractivity contribution in [3.05, 3.63) is 28.6 Å². The molecule has 0 atom stereocenters. The molecule has 1 amide bonds. The number of aryl methyl sites for hydroxylation is 1. The molecule has 1 heterocycles. The highest BCUT2D eigenvalue weighted by atomic mass is 32.1. The number of hydrogen-bond donors (Lipinski definition) is 2. The lowest BCUT2D eigenvalue weighted by atomic mass is 10.1. The molecule has 0 bridgehead atoms. The lowest BCUT2D eigenvalue weighted by Crippen LogP contribution is -2.38. The number of hydrogen-bond acceptors (Lipinski definition) is 4. The number of carbonyl (C=O) groups excluding carboxylic acids is 1. The summed E-state index contributed by atoms with van der Waals surface area (Å²) in [6.45, 7) is 6.16. The van der Waals surface area contributed by atoms with Gasteiger partial charge in [-0.25, -0.2) is 0 Å². The number of aliphatic hydroxyl groups excluding tert-OH is 1. The normalized spacial score (nSPS) is 11.2. The predicted molar refractivity (Wildman–Crippen MR) is 84.2 cm³/mol. The van der Waals surface area contributed by atoms with Gasteiger partial charge in [0.2, 0.25) is 0 Å². The zero-order valence-electron chi connectivity index (χ0n) is 12.0. The van der Waals surface area contributed by atoms with E-state index in [9.17, 15) is 4.79 Å². The second-order valence-electron chi connectivity index (χ2n) is 5.16. The molecule has 2 aromatic rings. The fourth-order valence-corrected chi connectivity index (χ4v) is 3.39. The zero-order valence-corrected chi connectivity index (χ0v) is 12.8. The molecule has 3 N–H and O–H groups in total. The molecular formula is C15H20N2O2S. The first-order chi connectivity index (χ1) is 9.45. The standard InChI is InChI=1S/C15H20N2O2S/c1-9(2)17(6-7-18)15(19)14-13(16)11-5-4-10(3)8-12(11)20-14/h4-5,8-9,18H,6-7,16H2,1-3H3. The van der Waals surface area contributed by atoms with Crippen molar-refractivity contribution in [1.82, 2.24) is 4.90 Å². The van der Waals surface area contributed by atoms with Crippen molar-refractivity contribution in [3.63, 3.8) is 0 Å². The number of aliphatic hydroxyl groups is 1. The van der Waals surface area contributed by atoms with E-state index in [-0.39, 0.29) is 18.6 Å². The number of thiophene rings is 1.